The minimum Gasteiger partial charge on any atom is -0.352 e. The van der Waals surface area contributed by atoms with Gasteiger partial charge < -0.3 is 10.2 Å². The van der Waals surface area contributed by atoms with Gasteiger partial charge >= 0.3 is 0 Å². The molecule has 0 aliphatic carbocycles. The van der Waals surface area contributed by atoms with Gasteiger partial charge in [-0.2, -0.15) is 0 Å². The van der Waals surface area contributed by atoms with E-state index >= 15 is 0 Å². The second-order valence-corrected chi connectivity index (χ2v) is 14.0. The molecule has 4 aromatic carbocycles. The van der Waals surface area contributed by atoms with E-state index in [-0.39, 0.29) is 40.5 Å². The van der Waals surface area contributed by atoms with Gasteiger partial charge in [-0.3, -0.25) is 13.9 Å². The molecule has 0 bridgehead atoms. The van der Waals surface area contributed by atoms with Crippen LogP contribution in [0.5, 0.6) is 0 Å². The molecule has 1 N–H and O–H groups in total. The van der Waals surface area contributed by atoms with Gasteiger partial charge in [0.1, 0.15) is 12.6 Å². The van der Waals surface area contributed by atoms with Crippen molar-refractivity contribution >= 4 is 55.1 Å². The number of aryl methyl sites for hydroxylation is 1. The largest absolute Gasteiger partial charge is 0.352 e. The summed E-state index contributed by atoms with van der Waals surface area (Å²) in [6, 6.07) is 28.7. The number of rotatable bonds is 12. The van der Waals surface area contributed by atoms with Crippen LogP contribution in [0.4, 0.5) is 5.69 Å². The molecule has 0 aliphatic heterocycles. The van der Waals surface area contributed by atoms with Crippen LogP contribution >= 0.6 is 27.5 Å². The number of para-hydroxylation sites is 1. The highest BCUT2D eigenvalue weighted by molar-refractivity contribution is 9.10. The van der Waals surface area contributed by atoms with E-state index < -0.39 is 28.5 Å². The summed E-state index contributed by atoms with van der Waals surface area (Å²) in [5.41, 5.74) is 2.70. The molecule has 7 nitrogen and oxygen atoms in total. The van der Waals surface area contributed by atoms with E-state index in [2.05, 4.69) is 21.2 Å². The van der Waals surface area contributed by atoms with Gasteiger partial charge in [-0.15, -0.1) is 0 Å². The van der Waals surface area contributed by atoms with Crippen LogP contribution in [0.15, 0.2) is 112 Å². The summed E-state index contributed by atoms with van der Waals surface area (Å²) in [5, 5.41) is 3.13. The van der Waals surface area contributed by atoms with Crippen molar-refractivity contribution in [1.82, 2.24) is 10.2 Å². The Kier molecular flexibility index (Phi) is 11.2. The smallest absolute Gasteiger partial charge is 0.264 e. The van der Waals surface area contributed by atoms with Crippen LogP contribution in [0.3, 0.4) is 0 Å². The minimum absolute atomic E-state index is 0.0219. The zero-order chi connectivity index (χ0) is 31.9. The fraction of sp³-hybridized carbons (Fsp3) is 0.235. The van der Waals surface area contributed by atoms with Crippen LogP contribution in [0.25, 0.3) is 0 Å². The van der Waals surface area contributed by atoms with E-state index in [4.69, 9.17) is 11.6 Å². The molecule has 0 heterocycles. The van der Waals surface area contributed by atoms with E-state index in [1.165, 1.54) is 17.0 Å². The highest BCUT2D eigenvalue weighted by atomic mass is 79.9. The molecule has 1 atom stereocenters. The maximum Gasteiger partial charge on any atom is 0.264 e. The Morgan fingerprint density at radius 3 is 2.07 bits per heavy atom. The second kappa shape index (κ2) is 14.9. The quantitative estimate of drug-likeness (QED) is 0.177. The topological polar surface area (TPSA) is 86.8 Å². The second-order valence-electron chi connectivity index (χ2n) is 10.8. The number of carbonyl (C=O) groups excluding carboxylic acids is 2. The zero-order valence-electron chi connectivity index (χ0n) is 24.8. The average Bonchev–Trinajstić information content (AvgIpc) is 2.99. The highest BCUT2D eigenvalue weighted by Crippen LogP contribution is 2.31. The maximum absolute atomic E-state index is 14.5. The molecule has 230 valence electrons. The normalized spacial score (nSPS) is 12.0. The fourth-order valence-corrected chi connectivity index (χ4v) is 6.71. The summed E-state index contributed by atoms with van der Waals surface area (Å²) in [4.78, 5) is 29.7. The molecular weight excluding hydrogens is 662 g/mol. The Hall–Kier alpha value is -3.66. The summed E-state index contributed by atoms with van der Waals surface area (Å²) < 4.78 is 30.1. The molecule has 0 radical (unpaired) electrons. The van der Waals surface area contributed by atoms with Crippen molar-refractivity contribution in [3.05, 3.63) is 129 Å². The molecule has 0 saturated carbocycles. The lowest BCUT2D eigenvalue weighted by atomic mass is 10.0. The number of nitrogens with zero attached hydrogens (tertiary/aromatic N) is 2. The van der Waals surface area contributed by atoms with Crippen molar-refractivity contribution in [2.45, 2.75) is 50.7 Å². The van der Waals surface area contributed by atoms with Crippen LogP contribution < -0.4 is 9.62 Å². The molecule has 4 aromatic rings. The number of anilines is 1. The standard InChI is InChI=1S/C34H35BrClN3O4S/c1-24(2)37-34(41)32(21-26-9-5-4-6-10-26)38(22-27-15-17-28(35)18-16-27)33(40)23-39(31-12-8-7-11-30(31)36)44(42,43)29-19-13-25(3)14-20-29/h4-20,24,32H,21-23H2,1-3H3,(H,37,41)/t32-/m0/s1. The Labute approximate surface area is 273 Å². The number of benzene rings is 4. The Balaban J connectivity index is 1.81. The average molecular weight is 697 g/mol. The molecule has 0 fully saturated rings. The molecular formula is C34H35BrClN3O4S. The van der Waals surface area contributed by atoms with Gasteiger partial charge in [-0.25, -0.2) is 8.42 Å². The molecule has 4 rings (SSSR count). The van der Waals surface area contributed by atoms with E-state index in [9.17, 15) is 18.0 Å². The van der Waals surface area contributed by atoms with Gasteiger partial charge in [0.25, 0.3) is 10.0 Å². The predicted molar refractivity (Wildman–Crippen MR) is 179 cm³/mol. The van der Waals surface area contributed by atoms with Gasteiger partial charge in [0.2, 0.25) is 11.8 Å². The van der Waals surface area contributed by atoms with Gasteiger partial charge in [0.15, 0.2) is 0 Å². The van der Waals surface area contributed by atoms with Gasteiger partial charge in [-0.05, 0) is 68.3 Å². The highest BCUT2D eigenvalue weighted by Gasteiger charge is 2.35. The van der Waals surface area contributed by atoms with Crippen LogP contribution in [0.2, 0.25) is 5.02 Å². The Morgan fingerprint density at radius 2 is 1.45 bits per heavy atom. The van der Waals surface area contributed by atoms with Crippen molar-refractivity contribution in [1.29, 1.82) is 0 Å². The van der Waals surface area contributed by atoms with Gasteiger partial charge in [0, 0.05) is 23.5 Å². The van der Waals surface area contributed by atoms with Crippen molar-refractivity contribution in [2.24, 2.45) is 0 Å². The van der Waals surface area contributed by atoms with Crippen LogP contribution in [0.1, 0.15) is 30.5 Å². The maximum atomic E-state index is 14.5. The lowest BCUT2D eigenvalue weighted by molar-refractivity contribution is -0.140. The number of hydrogen-bond donors (Lipinski definition) is 1. The third kappa shape index (κ3) is 8.49. The molecule has 0 saturated heterocycles. The number of halogens is 2. The first-order chi connectivity index (χ1) is 21.0. The van der Waals surface area contributed by atoms with Crippen molar-refractivity contribution in [3.63, 3.8) is 0 Å². The van der Waals surface area contributed by atoms with Crippen LogP contribution in [-0.2, 0) is 32.6 Å². The first-order valence-corrected chi connectivity index (χ1v) is 16.8. The summed E-state index contributed by atoms with van der Waals surface area (Å²) in [6.45, 7) is 5.07. The van der Waals surface area contributed by atoms with Crippen molar-refractivity contribution in [3.8, 4) is 0 Å². The van der Waals surface area contributed by atoms with Crippen molar-refractivity contribution < 1.29 is 18.0 Å². The van der Waals surface area contributed by atoms with Crippen LogP contribution in [0, 0.1) is 6.92 Å². The third-order valence-electron chi connectivity index (χ3n) is 6.98. The summed E-state index contributed by atoms with van der Waals surface area (Å²) in [5.74, 6) is -0.886. The van der Waals surface area contributed by atoms with E-state index in [1.807, 2.05) is 75.4 Å². The van der Waals surface area contributed by atoms with E-state index in [0.717, 1.165) is 25.5 Å². The number of sulfonamides is 1. The molecule has 2 amide bonds. The lowest BCUT2D eigenvalue weighted by Gasteiger charge is -2.34. The summed E-state index contributed by atoms with van der Waals surface area (Å²) >= 11 is 9.97. The lowest BCUT2D eigenvalue weighted by Crippen LogP contribution is -2.54. The molecule has 0 aliphatic rings. The molecule has 10 heteroatoms. The van der Waals surface area contributed by atoms with E-state index in [0.29, 0.717) is 0 Å². The number of amides is 2. The molecule has 0 aromatic heterocycles. The molecule has 0 spiro atoms. The predicted octanol–water partition coefficient (Wildman–Crippen LogP) is 6.77. The first-order valence-electron chi connectivity index (χ1n) is 14.2. The van der Waals surface area contributed by atoms with Crippen molar-refractivity contribution in [2.75, 3.05) is 10.8 Å². The van der Waals surface area contributed by atoms with Gasteiger partial charge in [-0.1, -0.05) is 99.8 Å². The number of carbonyl (C=O) groups is 2. The summed E-state index contributed by atoms with van der Waals surface area (Å²) in [7, 11) is -4.23. The minimum atomic E-state index is -4.23. The zero-order valence-corrected chi connectivity index (χ0v) is 27.9. The van der Waals surface area contributed by atoms with Gasteiger partial charge in [0.05, 0.1) is 15.6 Å². The monoisotopic (exact) mass is 695 g/mol. The number of nitrogens with one attached hydrogen (secondary N) is 1. The third-order valence-corrected chi connectivity index (χ3v) is 9.60. The number of hydrogen-bond acceptors (Lipinski definition) is 4. The first kappa shape index (κ1) is 33.2. The Morgan fingerprint density at radius 1 is 0.841 bits per heavy atom. The van der Waals surface area contributed by atoms with Crippen LogP contribution in [-0.4, -0.2) is 43.8 Å². The molecule has 44 heavy (non-hydrogen) atoms. The summed E-state index contributed by atoms with van der Waals surface area (Å²) in [6.07, 6.45) is 0.235. The fourth-order valence-electron chi connectivity index (χ4n) is 4.73. The SMILES string of the molecule is Cc1ccc(S(=O)(=O)N(CC(=O)N(Cc2ccc(Br)cc2)[C@@H](Cc2ccccc2)C(=O)NC(C)C)c2ccccc2Cl)cc1. The van der Waals surface area contributed by atoms with E-state index in [1.54, 1.807) is 36.4 Å². The molecule has 0 unspecified atom stereocenters. The Bertz CT molecular complexity index is 1680.